The van der Waals surface area contributed by atoms with Gasteiger partial charge in [0.1, 0.15) is 0 Å². The summed E-state index contributed by atoms with van der Waals surface area (Å²) in [5.74, 6) is 2.48. The molecule has 0 radical (unpaired) electrons. The molecule has 0 fully saturated rings. The molecule has 0 aliphatic heterocycles. The number of aryl methyl sites for hydroxylation is 1. The molecular formula is C24H30N4O3S. The predicted molar refractivity (Wildman–Crippen MR) is 127 cm³/mol. The monoisotopic (exact) mass is 454 g/mol. The van der Waals surface area contributed by atoms with Crippen molar-refractivity contribution >= 4 is 17.7 Å². The Morgan fingerprint density at radius 2 is 1.91 bits per heavy atom. The van der Waals surface area contributed by atoms with Crippen LogP contribution in [0.2, 0.25) is 0 Å². The number of hydrogen-bond donors (Lipinski definition) is 1. The highest BCUT2D eigenvalue weighted by molar-refractivity contribution is 7.99. The van der Waals surface area contributed by atoms with E-state index in [9.17, 15) is 4.79 Å². The van der Waals surface area contributed by atoms with Crippen LogP contribution in [0, 0.1) is 6.92 Å². The number of methoxy groups -OCH3 is 2. The summed E-state index contributed by atoms with van der Waals surface area (Å²) in [4.78, 5) is 12.4. The summed E-state index contributed by atoms with van der Waals surface area (Å²) in [7, 11) is 3.23. The van der Waals surface area contributed by atoms with Crippen LogP contribution in [0.4, 0.5) is 0 Å². The Labute approximate surface area is 193 Å². The van der Waals surface area contributed by atoms with Gasteiger partial charge in [0, 0.05) is 18.7 Å². The standard InChI is InChI=1S/C24H30N4O3S/c1-5-13-28-23(19-8-6-7-17(2)14-19)26-27-24(28)32-16-22(29)25-12-11-18-9-10-20(30-3)21(15-18)31-4/h6-10,14-15H,5,11-13,16H2,1-4H3,(H,25,29). The van der Waals surface area contributed by atoms with Crippen LogP contribution < -0.4 is 14.8 Å². The van der Waals surface area contributed by atoms with Gasteiger partial charge < -0.3 is 19.4 Å². The van der Waals surface area contributed by atoms with Crippen molar-refractivity contribution in [1.82, 2.24) is 20.1 Å². The fourth-order valence-corrected chi connectivity index (χ4v) is 4.18. The van der Waals surface area contributed by atoms with E-state index in [1.165, 1.54) is 17.3 Å². The average molecular weight is 455 g/mol. The summed E-state index contributed by atoms with van der Waals surface area (Å²) in [5, 5.41) is 12.5. The first-order valence-corrected chi connectivity index (χ1v) is 11.6. The molecule has 8 heteroatoms. The van der Waals surface area contributed by atoms with Gasteiger partial charge in [-0.2, -0.15) is 0 Å². The topological polar surface area (TPSA) is 78.3 Å². The number of nitrogens with one attached hydrogen (secondary N) is 1. The summed E-state index contributed by atoms with van der Waals surface area (Å²) >= 11 is 1.41. The maximum atomic E-state index is 12.4. The lowest BCUT2D eigenvalue weighted by atomic mass is 10.1. The molecule has 0 atom stereocenters. The molecule has 0 spiro atoms. The lowest BCUT2D eigenvalue weighted by Gasteiger charge is -2.11. The van der Waals surface area contributed by atoms with Crippen LogP contribution in [-0.2, 0) is 17.8 Å². The highest BCUT2D eigenvalue weighted by Gasteiger charge is 2.15. The second kappa shape index (κ2) is 11.6. The van der Waals surface area contributed by atoms with E-state index in [2.05, 4.69) is 46.1 Å². The quantitative estimate of drug-likeness (QED) is 0.439. The fourth-order valence-electron chi connectivity index (χ4n) is 3.38. The zero-order chi connectivity index (χ0) is 22.9. The smallest absolute Gasteiger partial charge is 0.230 e. The van der Waals surface area contributed by atoms with Crippen molar-refractivity contribution < 1.29 is 14.3 Å². The maximum Gasteiger partial charge on any atom is 0.230 e. The third-order valence-corrected chi connectivity index (χ3v) is 5.92. The molecule has 170 valence electrons. The molecular weight excluding hydrogens is 424 g/mol. The van der Waals surface area contributed by atoms with Crippen LogP contribution in [0.15, 0.2) is 47.6 Å². The van der Waals surface area contributed by atoms with E-state index >= 15 is 0 Å². The molecule has 7 nitrogen and oxygen atoms in total. The number of carbonyl (C=O) groups excluding carboxylic acids is 1. The van der Waals surface area contributed by atoms with E-state index in [0.717, 1.165) is 35.1 Å². The SMILES string of the molecule is CCCn1c(SCC(=O)NCCc2ccc(OC)c(OC)c2)nnc1-c1cccc(C)c1. The fraction of sp³-hybridized carbons (Fsp3) is 0.375. The lowest BCUT2D eigenvalue weighted by Crippen LogP contribution is -2.27. The van der Waals surface area contributed by atoms with E-state index in [1.54, 1.807) is 14.2 Å². The van der Waals surface area contributed by atoms with Crippen LogP contribution in [0.1, 0.15) is 24.5 Å². The van der Waals surface area contributed by atoms with Crippen LogP contribution in [-0.4, -0.2) is 47.2 Å². The number of aromatic nitrogens is 3. The molecule has 0 aliphatic rings. The minimum atomic E-state index is -0.0290. The average Bonchev–Trinajstić information content (AvgIpc) is 3.20. The summed E-state index contributed by atoms with van der Waals surface area (Å²) in [5.41, 5.74) is 3.29. The Bertz CT molecular complexity index is 1050. The molecule has 0 unspecified atom stereocenters. The van der Waals surface area contributed by atoms with Gasteiger partial charge >= 0.3 is 0 Å². The Balaban J connectivity index is 1.56. The molecule has 1 amide bonds. The molecule has 3 aromatic rings. The van der Waals surface area contributed by atoms with Crippen LogP contribution >= 0.6 is 11.8 Å². The van der Waals surface area contributed by atoms with E-state index in [4.69, 9.17) is 9.47 Å². The van der Waals surface area contributed by atoms with Gasteiger partial charge in [-0.1, -0.05) is 48.5 Å². The molecule has 2 aromatic carbocycles. The van der Waals surface area contributed by atoms with Gasteiger partial charge in [0.05, 0.1) is 20.0 Å². The van der Waals surface area contributed by atoms with Crippen molar-refractivity contribution in [3.05, 3.63) is 53.6 Å². The minimum absolute atomic E-state index is 0.0290. The first-order chi connectivity index (χ1) is 15.5. The molecule has 1 N–H and O–H groups in total. The zero-order valence-corrected chi connectivity index (χ0v) is 19.9. The van der Waals surface area contributed by atoms with Gasteiger partial charge in [-0.25, -0.2) is 0 Å². The van der Waals surface area contributed by atoms with Crippen LogP contribution in [0.3, 0.4) is 0 Å². The van der Waals surface area contributed by atoms with Gasteiger partial charge in [0.15, 0.2) is 22.5 Å². The molecule has 0 saturated heterocycles. The first kappa shape index (κ1) is 23.7. The number of hydrogen-bond acceptors (Lipinski definition) is 6. The van der Waals surface area contributed by atoms with Gasteiger partial charge in [-0.05, 0) is 43.5 Å². The highest BCUT2D eigenvalue weighted by Crippen LogP contribution is 2.28. The minimum Gasteiger partial charge on any atom is -0.493 e. The zero-order valence-electron chi connectivity index (χ0n) is 19.1. The van der Waals surface area contributed by atoms with E-state index in [-0.39, 0.29) is 5.91 Å². The molecule has 3 rings (SSSR count). The van der Waals surface area contributed by atoms with Crippen LogP contribution in [0.5, 0.6) is 11.5 Å². The van der Waals surface area contributed by atoms with Crippen molar-refractivity contribution in [2.45, 2.75) is 38.4 Å². The number of amides is 1. The largest absolute Gasteiger partial charge is 0.493 e. The molecule has 0 bridgehead atoms. The number of carbonyl (C=O) groups is 1. The predicted octanol–water partition coefficient (Wildman–Crippen LogP) is 4.13. The van der Waals surface area contributed by atoms with Crippen molar-refractivity contribution in [3.8, 4) is 22.9 Å². The summed E-state index contributed by atoms with van der Waals surface area (Å²) in [6, 6.07) is 14.0. The van der Waals surface area contributed by atoms with Crippen molar-refractivity contribution in [1.29, 1.82) is 0 Å². The lowest BCUT2D eigenvalue weighted by molar-refractivity contribution is -0.118. The Morgan fingerprint density at radius 1 is 1.09 bits per heavy atom. The third-order valence-electron chi connectivity index (χ3n) is 4.96. The molecule has 1 aromatic heterocycles. The summed E-state index contributed by atoms with van der Waals surface area (Å²) in [6.07, 6.45) is 1.67. The molecule has 0 aliphatic carbocycles. The molecule has 1 heterocycles. The maximum absolute atomic E-state index is 12.4. The number of rotatable bonds is 11. The van der Waals surface area contributed by atoms with Crippen molar-refractivity contribution in [2.75, 3.05) is 26.5 Å². The van der Waals surface area contributed by atoms with Gasteiger partial charge in [0.25, 0.3) is 0 Å². The second-order valence-corrected chi connectivity index (χ2v) is 8.35. The second-order valence-electron chi connectivity index (χ2n) is 7.41. The highest BCUT2D eigenvalue weighted by atomic mass is 32.2. The van der Waals surface area contributed by atoms with E-state index in [1.807, 2.05) is 30.3 Å². The third kappa shape index (κ3) is 6.03. The van der Waals surface area contributed by atoms with Crippen LogP contribution in [0.25, 0.3) is 11.4 Å². The first-order valence-electron chi connectivity index (χ1n) is 10.7. The Kier molecular flexibility index (Phi) is 8.56. The van der Waals surface area contributed by atoms with Gasteiger partial charge in [-0.3, -0.25) is 4.79 Å². The summed E-state index contributed by atoms with van der Waals surface area (Å²) < 4.78 is 12.7. The van der Waals surface area contributed by atoms with E-state index in [0.29, 0.717) is 30.2 Å². The van der Waals surface area contributed by atoms with Crippen molar-refractivity contribution in [2.24, 2.45) is 0 Å². The molecule has 32 heavy (non-hydrogen) atoms. The summed E-state index contributed by atoms with van der Waals surface area (Å²) in [6.45, 7) is 5.53. The van der Waals surface area contributed by atoms with E-state index < -0.39 is 0 Å². The number of nitrogens with zero attached hydrogens (tertiary/aromatic N) is 3. The Hall–Kier alpha value is -3.00. The van der Waals surface area contributed by atoms with Crippen molar-refractivity contribution in [3.63, 3.8) is 0 Å². The number of thioether (sulfide) groups is 1. The van der Waals surface area contributed by atoms with Gasteiger partial charge in [-0.15, -0.1) is 10.2 Å². The normalized spacial score (nSPS) is 10.8. The molecule has 0 saturated carbocycles. The Morgan fingerprint density at radius 3 is 2.62 bits per heavy atom. The number of benzene rings is 2. The van der Waals surface area contributed by atoms with Gasteiger partial charge in [0.2, 0.25) is 5.91 Å². The number of ether oxygens (including phenoxy) is 2.